The number of carboxylic acid groups (broad SMARTS) is 3. The van der Waals surface area contributed by atoms with Crippen LogP contribution in [0.4, 0.5) is 0 Å². The largest absolute Gasteiger partial charge is 0.494 e. The van der Waals surface area contributed by atoms with Gasteiger partial charge in [-0.2, -0.15) is 0 Å². The number of unbranched alkanes of at least 4 members (excludes halogenated alkanes) is 10. The summed E-state index contributed by atoms with van der Waals surface area (Å²) in [5, 5.41) is 42.2. The number of ketones is 1. The predicted molar refractivity (Wildman–Crippen MR) is 187 cm³/mol. The minimum Gasteiger partial charge on any atom is -0.494 e. The number of Topliss-reactive ketones (excluding diaryl/α,β-unsaturated/α-hetero) is 1. The molecule has 0 unspecified atom stereocenters. The van der Waals surface area contributed by atoms with E-state index in [0.717, 1.165) is 44.6 Å². The Labute approximate surface area is 291 Å². The monoisotopic (exact) mass is 689 g/mol. The van der Waals surface area contributed by atoms with E-state index in [2.05, 4.69) is 26.1 Å². The van der Waals surface area contributed by atoms with Crippen LogP contribution in [0.3, 0.4) is 0 Å². The second-order valence-electron chi connectivity index (χ2n) is 13.3. The SMILES string of the molecule is CCCCCCCCCC(=O)CCCCCCC=C[C@H](C(=O)N[C@@H](Cc1ccc(OCCC(C)C)cc1)C(=O)O)[C@@](O)(CC(=O)O)C(=O)O. The summed E-state index contributed by atoms with van der Waals surface area (Å²) in [7, 11) is 0. The van der Waals surface area contributed by atoms with Crippen molar-refractivity contribution < 1.29 is 49.1 Å². The van der Waals surface area contributed by atoms with Gasteiger partial charge in [0.25, 0.3) is 0 Å². The molecule has 11 nitrogen and oxygen atoms in total. The number of carboxylic acids is 3. The van der Waals surface area contributed by atoms with E-state index in [4.69, 9.17) is 4.74 Å². The fourth-order valence-corrected chi connectivity index (χ4v) is 5.42. The van der Waals surface area contributed by atoms with Crippen LogP contribution >= 0.6 is 0 Å². The Morgan fingerprint density at radius 1 is 0.837 bits per heavy atom. The van der Waals surface area contributed by atoms with Crippen LogP contribution in [0.1, 0.15) is 129 Å². The molecule has 276 valence electrons. The highest BCUT2D eigenvalue weighted by Crippen LogP contribution is 2.26. The molecule has 0 radical (unpaired) electrons. The first-order chi connectivity index (χ1) is 23.3. The maximum absolute atomic E-state index is 13.3. The standard InChI is InChI=1S/C38H59NO10/c1-4-5-6-7-8-11-14-17-30(40)18-15-12-9-10-13-16-19-32(38(48,37(46)47)27-34(41)42)35(43)39-33(36(44)45)26-29-20-22-31(23-21-29)49-25-24-28(2)3/h16,19-23,28,32-33,48H,4-15,17-18,24-27H2,1-3H3,(H,39,43)(H,41,42)(H,44,45)(H,46,47)/t32-,33+,38+/m1/s1. The van der Waals surface area contributed by atoms with Gasteiger partial charge in [-0.1, -0.05) is 96.4 Å². The molecule has 0 aliphatic heterocycles. The number of allylic oxidation sites excluding steroid dienone is 1. The smallest absolute Gasteiger partial charge is 0.337 e. The lowest BCUT2D eigenvalue weighted by Gasteiger charge is -2.29. The maximum atomic E-state index is 13.3. The van der Waals surface area contributed by atoms with E-state index in [9.17, 15) is 44.4 Å². The Hall–Kier alpha value is -3.73. The van der Waals surface area contributed by atoms with Crippen LogP contribution in [-0.4, -0.2) is 68.3 Å². The summed E-state index contributed by atoms with van der Waals surface area (Å²) in [5.41, 5.74) is -2.45. The molecule has 11 heteroatoms. The molecule has 5 N–H and O–H groups in total. The Kier molecular flexibility index (Phi) is 21.6. The zero-order valence-corrected chi connectivity index (χ0v) is 29.7. The van der Waals surface area contributed by atoms with Gasteiger partial charge in [0.1, 0.15) is 17.6 Å². The van der Waals surface area contributed by atoms with E-state index in [1.807, 2.05) is 0 Å². The molecule has 0 bridgehead atoms. The van der Waals surface area contributed by atoms with E-state index in [1.54, 1.807) is 24.3 Å². The van der Waals surface area contributed by atoms with Crippen LogP contribution in [0.2, 0.25) is 0 Å². The topological polar surface area (TPSA) is 188 Å². The fraction of sp³-hybridized carbons (Fsp3) is 0.658. The van der Waals surface area contributed by atoms with E-state index < -0.39 is 47.8 Å². The zero-order chi connectivity index (χ0) is 36.7. The maximum Gasteiger partial charge on any atom is 0.337 e. The van der Waals surface area contributed by atoms with Gasteiger partial charge in [-0.05, 0) is 55.7 Å². The van der Waals surface area contributed by atoms with Crippen LogP contribution in [0.15, 0.2) is 36.4 Å². The summed E-state index contributed by atoms with van der Waals surface area (Å²) >= 11 is 0. The molecule has 1 aromatic carbocycles. The number of benzene rings is 1. The van der Waals surface area contributed by atoms with Crippen molar-refractivity contribution in [1.29, 1.82) is 0 Å². The zero-order valence-electron chi connectivity index (χ0n) is 29.7. The van der Waals surface area contributed by atoms with Crippen LogP contribution < -0.4 is 10.1 Å². The quantitative estimate of drug-likeness (QED) is 0.0445. The number of ether oxygens (including phenoxy) is 1. The summed E-state index contributed by atoms with van der Waals surface area (Å²) in [5.74, 6) is -6.57. The third-order valence-electron chi connectivity index (χ3n) is 8.49. The Balaban J connectivity index is 2.75. The molecule has 1 aromatic rings. The van der Waals surface area contributed by atoms with E-state index in [0.29, 0.717) is 49.5 Å². The molecule has 0 aliphatic carbocycles. The number of aliphatic hydroxyl groups is 1. The van der Waals surface area contributed by atoms with Crippen molar-refractivity contribution in [3.05, 3.63) is 42.0 Å². The number of aliphatic carboxylic acids is 3. The first kappa shape index (κ1) is 43.3. The van der Waals surface area contributed by atoms with Gasteiger partial charge < -0.3 is 30.5 Å². The lowest BCUT2D eigenvalue weighted by Crippen LogP contribution is -2.55. The summed E-state index contributed by atoms with van der Waals surface area (Å²) in [6.45, 7) is 6.88. The molecule has 0 saturated heterocycles. The third-order valence-corrected chi connectivity index (χ3v) is 8.49. The number of hydrogen-bond acceptors (Lipinski definition) is 7. The first-order valence-electron chi connectivity index (χ1n) is 17.9. The summed E-state index contributed by atoms with van der Waals surface area (Å²) in [6, 6.07) is 5.22. The van der Waals surface area contributed by atoms with Gasteiger partial charge in [-0.3, -0.25) is 14.4 Å². The Bertz CT molecular complexity index is 1180. The molecule has 0 aromatic heterocycles. The van der Waals surface area contributed by atoms with Crippen LogP contribution in [0, 0.1) is 11.8 Å². The molecule has 0 spiro atoms. The number of rotatable bonds is 29. The highest BCUT2D eigenvalue weighted by atomic mass is 16.5. The normalized spacial score (nSPS) is 13.9. The molecule has 3 atom stereocenters. The summed E-state index contributed by atoms with van der Waals surface area (Å²) in [4.78, 5) is 61.1. The third kappa shape index (κ3) is 18.6. The van der Waals surface area contributed by atoms with Crippen molar-refractivity contribution in [1.82, 2.24) is 5.32 Å². The summed E-state index contributed by atoms with van der Waals surface area (Å²) < 4.78 is 5.68. The van der Waals surface area contributed by atoms with Crippen LogP contribution in [-0.2, 0) is 30.4 Å². The molecule has 0 fully saturated rings. The predicted octanol–water partition coefficient (Wildman–Crippen LogP) is 6.74. The number of carbonyl (C=O) groups is 5. The molecule has 1 amide bonds. The van der Waals surface area contributed by atoms with Gasteiger partial charge in [0.05, 0.1) is 18.9 Å². The average Bonchev–Trinajstić information content (AvgIpc) is 3.03. The number of hydrogen-bond donors (Lipinski definition) is 5. The van der Waals surface area contributed by atoms with Crippen LogP contribution in [0.25, 0.3) is 0 Å². The van der Waals surface area contributed by atoms with Gasteiger partial charge in [0.2, 0.25) is 5.91 Å². The Morgan fingerprint density at radius 2 is 1.41 bits per heavy atom. The van der Waals surface area contributed by atoms with E-state index in [-0.39, 0.29) is 12.2 Å². The lowest BCUT2D eigenvalue weighted by atomic mass is 9.82. The van der Waals surface area contributed by atoms with Crippen molar-refractivity contribution >= 4 is 29.6 Å². The minimum atomic E-state index is -3.01. The van der Waals surface area contributed by atoms with Crippen molar-refractivity contribution in [2.45, 2.75) is 142 Å². The Morgan fingerprint density at radius 3 is 1.94 bits per heavy atom. The van der Waals surface area contributed by atoms with Gasteiger partial charge in [-0.25, -0.2) is 9.59 Å². The second kappa shape index (κ2) is 24.4. The van der Waals surface area contributed by atoms with Gasteiger partial charge in [-0.15, -0.1) is 0 Å². The molecule has 0 aliphatic rings. The number of carbonyl (C=O) groups excluding carboxylic acids is 2. The fourth-order valence-electron chi connectivity index (χ4n) is 5.42. The van der Waals surface area contributed by atoms with Crippen molar-refractivity contribution in [2.24, 2.45) is 11.8 Å². The second-order valence-corrected chi connectivity index (χ2v) is 13.3. The van der Waals surface area contributed by atoms with Gasteiger partial charge in [0, 0.05) is 19.3 Å². The highest BCUT2D eigenvalue weighted by Gasteiger charge is 2.49. The highest BCUT2D eigenvalue weighted by molar-refractivity contribution is 5.94. The van der Waals surface area contributed by atoms with Gasteiger partial charge in [0.15, 0.2) is 5.60 Å². The first-order valence-corrected chi connectivity index (χ1v) is 17.9. The minimum absolute atomic E-state index is 0.143. The van der Waals surface area contributed by atoms with Crippen molar-refractivity contribution in [3.8, 4) is 5.75 Å². The molecule has 49 heavy (non-hydrogen) atoms. The van der Waals surface area contributed by atoms with Gasteiger partial charge >= 0.3 is 17.9 Å². The molecular weight excluding hydrogens is 630 g/mol. The van der Waals surface area contributed by atoms with Crippen molar-refractivity contribution in [3.63, 3.8) is 0 Å². The molecule has 1 rings (SSSR count). The lowest BCUT2D eigenvalue weighted by molar-refractivity contribution is -0.172. The van der Waals surface area contributed by atoms with E-state index in [1.165, 1.54) is 38.2 Å². The van der Waals surface area contributed by atoms with Crippen LogP contribution in [0.5, 0.6) is 5.75 Å². The number of nitrogens with one attached hydrogen (secondary N) is 1. The average molecular weight is 690 g/mol. The van der Waals surface area contributed by atoms with E-state index >= 15 is 0 Å². The molecular formula is C38H59NO10. The molecule has 0 heterocycles. The van der Waals surface area contributed by atoms with Crippen molar-refractivity contribution in [2.75, 3.05) is 6.61 Å². The number of amides is 1. The summed E-state index contributed by atoms with van der Waals surface area (Å²) in [6.07, 6.45) is 14.9. The molecule has 0 saturated carbocycles.